The van der Waals surface area contributed by atoms with Gasteiger partial charge in [-0.1, -0.05) is 11.8 Å². The molecule has 0 fully saturated rings. The van der Waals surface area contributed by atoms with Crippen molar-refractivity contribution in [1.82, 2.24) is 19.5 Å². The van der Waals surface area contributed by atoms with Crippen molar-refractivity contribution in [2.45, 2.75) is 58.5 Å². The first kappa shape index (κ1) is 23.2. The van der Waals surface area contributed by atoms with Gasteiger partial charge in [0.25, 0.3) is 5.56 Å². The topological polar surface area (TPSA) is 126 Å². The third-order valence-electron chi connectivity index (χ3n) is 5.33. The van der Waals surface area contributed by atoms with Gasteiger partial charge in [0, 0.05) is 10.9 Å². The van der Waals surface area contributed by atoms with Crippen molar-refractivity contribution in [2.75, 3.05) is 12.3 Å². The SMILES string of the molecule is CCOC(=O)c1c(C)oc2nc(CSc3nc4sc(C)c(C)c4c(=O)n3C(C)C)nc(N)c12. The second kappa shape index (κ2) is 8.79. The number of nitrogens with zero attached hydrogens (tertiary/aromatic N) is 4. The maximum Gasteiger partial charge on any atom is 0.342 e. The molecule has 0 unspecified atom stereocenters. The van der Waals surface area contributed by atoms with E-state index in [0.717, 1.165) is 15.3 Å². The number of esters is 1. The van der Waals surface area contributed by atoms with Crippen molar-refractivity contribution < 1.29 is 13.9 Å². The zero-order chi connectivity index (χ0) is 24.0. The first-order valence-electron chi connectivity index (χ1n) is 10.5. The number of carbonyl (C=O) groups excluding carboxylic acids is 1. The highest BCUT2D eigenvalue weighted by Gasteiger charge is 2.24. The lowest BCUT2D eigenvalue weighted by molar-refractivity contribution is 0.0526. The van der Waals surface area contributed by atoms with Crippen LogP contribution in [0.5, 0.6) is 0 Å². The van der Waals surface area contributed by atoms with Gasteiger partial charge in [-0.15, -0.1) is 11.3 Å². The van der Waals surface area contributed by atoms with Gasteiger partial charge in [0.2, 0.25) is 5.71 Å². The van der Waals surface area contributed by atoms with E-state index < -0.39 is 5.97 Å². The lowest BCUT2D eigenvalue weighted by Crippen LogP contribution is -2.25. The first-order chi connectivity index (χ1) is 15.6. The number of nitrogen functional groups attached to an aromatic ring is 1. The molecule has 33 heavy (non-hydrogen) atoms. The molecule has 2 N–H and O–H groups in total. The van der Waals surface area contributed by atoms with Crippen LogP contribution in [0.2, 0.25) is 0 Å². The Hall–Kier alpha value is -2.92. The minimum Gasteiger partial charge on any atom is -0.462 e. The molecule has 9 nitrogen and oxygen atoms in total. The maximum atomic E-state index is 13.2. The number of rotatable bonds is 6. The van der Waals surface area contributed by atoms with Crippen LogP contribution in [0.4, 0.5) is 5.82 Å². The number of carbonyl (C=O) groups is 1. The molecule has 0 amide bonds. The quantitative estimate of drug-likeness (QED) is 0.237. The summed E-state index contributed by atoms with van der Waals surface area (Å²) >= 11 is 2.88. The van der Waals surface area contributed by atoms with Gasteiger partial charge in [0.05, 0.1) is 23.1 Å². The smallest absolute Gasteiger partial charge is 0.342 e. The van der Waals surface area contributed by atoms with Crippen LogP contribution in [0.3, 0.4) is 0 Å². The Bertz CT molecular complexity index is 1450. The molecule has 174 valence electrons. The lowest BCUT2D eigenvalue weighted by atomic mass is 10.2. The molecule has 0 aliphatic heterocycles. The number of anilines is 1. The largest absolute Gasteiger partial charge is 0.462 e. The highest BCUT2D eigenvalue weighted by atomic mass is 32.2. The Kier molecular flexibility index (Phi) is 6.19. The molecule has 0 spiro atoms. The van der Waals surface area contributed by atoms with Crippen molar-refractivity contribution in [3.8, 4) is 0 Å². The fraction of sp³-hybridized carbons (Fsp3) is 0.409. The Morgan fingerprint density at radius 2 is 1.94 bits per heavy atom. The molecule has 11 heteroatoms. The van der Waals surface area contributed by atoms with E-state index in [1.807, 2.05) is 27.7 Å². The average molecular weight is 488 g/mol. The summed E-state index contributed by atoms with van der Waals surface area (Å²) in [5.41, 5.74) is 7.58. The van der Waals surface area contributed by atoms with E-state index in [1.54, 1.807) is 18.4 Å². The molecule has 0 bridgehead atoms. The molecule has 4 aromatic rings. The van der Waals surface area contributed by atoms with E-state index in [1.165, 1.54) is 23.1 Å². The van der Waals surface area contributed by atoms with E-state index in [9.17, 15) is 9.59 Å². The third kappa shape index (κ3) is 3.99. The van der Waals surface area contributed by atoms with Crippen molar-refractivity contribution in [3.05, 3.63) is 37.9 Å². The lowest BCUT2D eigenvalue weighted by Gasteiger charge is -2.15. The summed E-state index contributed by atoms with van der Waals surface area (Å²) in [6, 6.07) is -0.0650. The van der Waals surface area contributed by atoms with E-state index in [-0.39, 0.29) is 35.3 Å². The fourth-order valence-corrected chi connectivity index (χ4v) is 5.72. The van der Waals surface area contributed by atoms with Gasteiger partial charge < -0.3 is 14.9 Å². The Morgan fingerprint density at radius 1 is 1.21 bits per heavy atom. The number of ether oxygens (including phenoxy) is 1. The van der Waals surface area contributed by atoms with Crippen molar-refractivity contribution in [3.63, 3.8) is 0 Å². The van der Waals surface area contributed by atoms with Crippen LogP contribution in [0.1, 0.15) is 59.2 Å². The predicted octanol–water partition coefficient (Wildman–Crippen LogP) is 4.55. The molecule has 0 aliphatic rings. The maximum absolute atomic E-state index is 13.2. The van der Waals surface area contributed by atoms with Crippen LogP contribution in [0.15, 0.2) is 14.4 Å². The van der Waals surface area contributed by atoms with E-state index in [2.05, 4.69) is 9.97 Å². The summed E-state index contributed by atoms with van der Waals surface area (Å²) in [5.74, 6) is 0.731. The van der Waals surface area contributed by atoms with Gasteiger partial charge in [-0.25, -0.2) is 14.8 Å². The summed E-state index contributed by atoms with van der Waals surface area (Å²) in [5, 5.41) is 1.62. The number of furan rings is 1. The number of aryl methyl sites for hydroxylation is 3. The summed E-state index contributed by atoms with van der Waals surface area (Å²) < 4.78 is 12.5. The molecule has 4 aromatic heterocycles. The molecule has 4 heterocycles. The average Bonchev–Trinajstić information content (AvgIpc) is 3.22. The minimum absolute atomic E-state index is 0.0454. The standard InChI is InChI=1S/C22H25N5O4S2/c1-7-30-21(29)15-11(5)31-18-16(15)17(23)24-13(25-18)8-32-22-26-19-14(10(4)12(6)33-19)20(28)27(22)9(2)3/h9H,7-8H2,1-6H3,(H2,23,24,25). The Balaban J connectivity index is 1.72. The van der Waals surface area contributed by atoms with E-state index >= 15 is 0 Å². The van der Waals surface area contributed by atoms with Crippen molar-refractivity contribution in [2.24, 2.45) is 0 Å². The van der Waals surface area contributed by atoms with Crippen LogP contribution >= 0.6 is 23.1 Å². The molecule has 4 rings (SSSR count). The third-order valence-corrected chi connectivity index (χ3v) is 7.38. The zero-order valence-corrected chi connectivity index (χ0v) is 20.9. The highest BCUT2D eigenvalue weighted by molar-refractivity contribution is 7.98. The van der Waals surface area contributed by atoms with Crippen molar-refractivity contribution in [1.29, 1.82) is 0 Å². The van der Waals surface area contributed by atoms with Crippen LogP contribution < -0.4 is 11.3 Å². The van der Waals surface area contributed by atoms with Gasteiger partial charge in [-0.2, -0.15) is 4.98 Å². The molecule has 0 saturated heterocycles. The second-order valence-corrected chi connectivity index (χ2v) is 10.0. The number of nitrogens with two attached hydrogens (primary N) is 1. The van der Waals surface area contributed by atoms with E-state index in [0.29, 0.717) is 33.3 Å². The molecule has 0 aromatic carbocycles. The van der Waals surface area contributed by atoms with Gasteiger partial charge in [0.15, 0.2) is 5.16 Å². The number of thioether (sulfide) groups is 1. The van der Waals surface area contributed by atoms with Gasteiger partial charge in [0.1, 0.15) is 27.8 Å². The molecule has 0 atom stereocenters. The monoisotopic (exact) mass is 487 g/mol. The van der Waals surface area contributed by atoms with Crippen LogP contribution in [0, 0.1) is 20.8 Å². The van der Waals surface area contributed by atoms with Crippen LogP contribution in [0.25, 0.3) is 21.3 Å². The number of hydrogen-bond acceptors (Lipinski definition) is 10. The van der Waals surface area contributed by atoms with Crippen LogP contribution in [-0.4, -0.2) is 32.1 Å². The zero-order valence-electron chi connectivity index (χ0n) is 19.3. The van der Waals surface area contributed by atoms with Gasteiger partial charge in [-0.3, -0.25) is 9.36 Å². The molecule has 0 aliphatic carbocycles. The summed E-state index contributed by atoms with van der Waals surface area (Å²) in [4.78, 5) is 41.0. The fourth-order valence-electron chi connectivity index (χ4n) is 3.67. The van der Waals surface area contributed by atoms with Gasteiger partial charge >= 0.3 is 5.97 Å². The number of aromatic nitrogens is 4. The molecule has 0 radical (unpaired) electrons. The summed E-state index contributed by atoms with van der Waals surface area (Å²) in [6.45, 7) is 11.5. The highest BCUT2D eigenvalue weighted by Crippen LogP contribution is 2.32. The van der Waals surface area contributed by atoms with Crippen molar-refractivity contribution >= 4 is 56.2 Å². The molecular formula is C22H25N5O4S2. The number of thiophene rings is 1. The summed E-state index contributed by atoms with van der Waals surface area (Å²) in [7, 11) is 0. The second-order valence-electron chi connectivity index (χ2n) is 7.87. The van der Waals surface area contributed by atoms with Gasteiger partial charge in [-0.05, 0) is 47.1 Å². The Labute approximate surface area is 198 Å². The first-order valence-corrected chi connectivity index (χ1v) is 12.3. The predicted molar refractivity (Wildman–Crippen MR) is 130 cm³/mol. The minimum atomic E-state index is -0.522. The number of hydrogen-bond donors (Lipinski definition) is 1. The molecular weight excluding hydrogens is 462 g/mol. The normalized spacial score (nSPS) is 11.7. The Morgan fingerprint density at radius 3 is 2.61 bits per heavy atom. The number of fused-ring (bicyclic) bond motifs is 2. The van der Waals surface area contributed by atoms with Crippen LogP contribution in [-0.2, 0) is 10.5 Å². The molecule has 0 saturated carbocycles. The summed E-state index contributed by atoms with van der Waals surface area (Å²) in [6.07, 6.45) is 0. The van der Waals surface area contributed by atoms with E-state index in [4.69, 9.17) is 19.9 Å².